The first-order valence-corrected chi connectivity index (χ1v) is 13.5. The fourth-order valence-corrected chi connectivity index (χ4v) is 4.83. The lowest BCUT2D eigenvalue weighted by Crippen LogP contribution is -2.52. The van der Waals surface area contributed by atoms with Crippen LogP contribution >= 0.6 is 23.2 Å². The summed E-state index contributed by atoms with van der Waals surface area (Å²) in [5, 5.41) is 13.8. The van der Waals surface area contributed by atoms with Gasteiger partial charge in [-0.05, 0) is 47.5 Å². The Morgan fingerprint density at radius 3 is 2.71 bits per heavy atom. The van der Waals surface area contributed by atoms with Crippen molar-refractivity contribution in [3.05, 3.63) is 117 Å². The van der Waals surface area contributed by atoms with Crippen molar-refractivity contribution in [2.24, 2.45) is 10.1 Å². The number of azide groups is 1. The van der Waals surface area contributed by atoms with Gasteiger partial charge in [-0.25, -0.2) is 10.4 Å². The second-order valence-corrected chi connectivity index (χ2v) is 9.92. The Morgan fingerprint density at radius 1 is 1.22 bits per heavy atom. The van der Waals surface area contributed by atoms with Crippen molar-refractivity contribution < 1.29 is 19.4 Å². The predicted molar refractivity (Wildman–Crippen MR) is 158 cm³/mol. The topological polar surface area (TPSA) is 141 Å². The second-order valence-electron chi connectivity index (χ2n) is 9.07. The van der Waals surface area contributed by atoms with Gasteiger partial charge in [-0.2, -0.15) is 0 Å². The Morgan fingerprint density at radius 2 is 2.00 bits per heavy atom. The number of benzene rings is 3. The molecule has 3 N–H and O–H groups in total. The van der Waals surface area contributed by atoms with Gasteiger partial charge in [-0.3, -0.25) is 10.2 Å². The molecule has 41 heavy (non-hydrogen) atoms. The lowest BCUT2D eigenvalue weighted by Gasteiger charge is -2.30. The summed E-state index contributed by atoms with van der Waals surface area (Å²) in [4.78, 5) is 21.7. The van der Waals surface area contributed by atoms with E-state index in [1.807, 2.05) is 0 Å². The molecule has 0 saturated carbocycles. The molecule has 0 aromatic heterocycles. The number of nitrogens with zero attached hydrogens (tertiary/aromatic N) is 4. The van der Waals surface area contributed by atoms with Gasteiger partial charge in [0.1, 0.15) is 5.75 Å². The summed E-state index contributed by atoms with van der Waals surface area (Å²) in [6.45, 7) is 4.50. The van der Waals surface area contributed by atoms with Crippen molar-refractivity contribution in [3.8, 4) is 5.75 Å². The van der Waals surface area contributed by atoms with Crippen molar-refractivity contribution >= 4 is 40.7 Å². The molecule has 3 aromatic carbocycles. The van der Waals surface area contributed by atoms with E-state index in [4.69, 9.17) is 48.3 Å². The molecule has 4 rings (SSSR count). The summed E-state index contributed by atoms with van der Waals surface area (Å²) >= 11 is 12.3. The molecule has 3 aromatic rings. The minimum Gasteiger partial charge on any atom is -0.494 e. The van der Waals surface area contributed by atoms with Crippen LogP contribution in [0.2, 0.25) is 10.0 Å². The number of hydrogen-bond acceptors (Lipinski definition) is 7. The zero-order valence-corrected chi connectivity index (χ0v) is 23.5. The molecule has 0 fully saturated rings. The molecule has 0 radical (unpaired) electrons. The largest absolute Gasteiger partial charge is 0.494 e. The number of amides is 1. The van der Waals surface area contributed by atoms with Crippen LogP contribution in [0.15, 0.2) is 89.5 Å². The van der Waals surface area contributed by atoms with Crippen LogP contribution in [0.5, 0.6) is 5.75 Å². The van der Waals surface area contributed by atoms with Crippen molar-refractivity contribution in [2.45, 2.75) is 31.0 Å². The molecule has 10 nitrogen and oxygen atoms in total. The molecule has 1 aliphatic rings. The maximum atomic E-state index is 13.9. The summed E-state index contributed by atoms with van der Waals surface area (Å²) < 4.78 is 12.0. The average Bonchev–Trinajstić information content (AvgIpc) is 3.35. The number of carbonyl (C=O) groups excluding carboxylic acids is 1. The number of hydrazine groups is 1. The number of carbonyl (C=O) groups is 1. The smallest absolute Gasteiger partial charge is 0.266 e. The van der Waals surface area contributed by atoms with E-state index in [1.165, 1.54) is 0 Å². The summed E-state index contributed by atoms with van der Waals surface area (Å²) in [6, 6.07) is 19.0. The van der Waals surface area contributed by atoms with Gasteiger partial charge in [0, 0.05) is 57.8 Å². The standard InChI is InChI=1S/C29H28Cl2N6O4/c1-2-14-29(28(39)36-33-18-20-8-11-21(30)17-24(20)31)26(23-6-3-4-7-25(23)35-37-32)41-27(34-29)19-9-12-22(13-10-19)40-16-5-15-38/h2-4,6-13,17,26,33,38H,1,5,14-16,18H2,(H,36,39)/t26-,29-/m0/s1. The minimum atomic E-state index is -1.49. The SMILES string of the molecule is C=CC[C@]1(C(=O)NNCc2ccc(Cl)cc2Cl)N=C(c2ccc(OCCCO)cc2)O[C@H]1c1ccccc1N=[N+]=[N-]. The predicted octanol–water partition coefficient (Wildman–Crippen LogP) is 6.35. The van der Waals surface area contributed by atoms with Crippen molar-refractivity contribution in [1.82, 2.24) is 10.9 Å². The third-order valence-corrected chi connectivity index (χ3v) is 6.94. The number of ether oxygens (including phenoxy) is 2. The van der Waals surface area contributed by atoms with Crippen LogP contribution in [-0.2, 0) is 16.1 Å². The number of halogens is 2. The average molecular weight is 595 g/mol. The fraction of sp³-hybridized carbons (Fsp3) is 0.241. The normalized spacial score (nSPS) is 17.6. The molecule has 0 spiro atoms. The number of nitrogens with one attached hydrogen (secondary N) is 2. The fourth-order valence-electron chi connectivity index (χ4n) is 4.35. The van der Waals surface area contributed by atoms with E-state index >= 15 is 0 Å². The minimum absolute atomic E-state index is 0.0382. The third-order valence-electron chi connectivity index (χ3n) is 6.35. The zero-order chi connectivity index (χ0) is 29.2. The third kappa shape index (κ3) is 7.00. The Kier molecular flexibility index (Phi) is 10.2. The second kappa shape index (κ2) is 14.0. The Balaban J connectivity index is 1.67. The van der Waals surface area contributed by atoms with Crippen LogP contribution in [0.3, 0.4) is 0 Å². The zero-order valence-electron chi connectivity index (χ0n) is 22.0. The van der Waals surface area contributed by atoms with E-state index in [2.05, 4.69) is 27.5 Å². The lowest BCUT2D eigenvalue weighted by molar-refractivity contribution is -0.129. The molecule has 0 unspecified atom stereocenters. The van der Waals surface area contributed by atoms with Crippen molar-refractivity contribution in [2.75, 3.05) is 13.2 Å². The highest BCUT2D eigenvalue weighted by Crippen LogP contribution is 2.45. The first-order valence-electron chi connectivity index (χ1n) is 12.7. The van der Waals surface area contributed by atoms with Crippen LogP contribution in [0.25, 0.3) is 10.4 Å². The number of rotatable bonds is 13. The van der Waals surface area contributed by atoms with Gasteiger partial charge in [0.2, 0.25) is 5.90 Å². The number of aliphatic hydroxyl groups excluding tert-OH is 1. The highest BCUT2D eigenvalue weighted by Gasteiger charge is 2.53. The molecule has 2 atom stereocenters. The quantitative estimate of drug-likeness (QED) is 0.0527. The molecule has 12 heteroatoms. The van der Waals surface area contributed by atoms with Crippen LogP contribution in [0, 0.1) is 0 Å². The van der Waals surface area contributed by atoms with E-state index in [0.717, 1.165) is 5.56 Å². The summed E-state index contributed by atoms with van der Waals surface area (Å²) in [5.41, 5.74) is 15.5. The summed E-state index contributed by atoms with van der Waals surface area (Å²) in [5.74, 6) is 0.360. The highest BCUT2D eigenvalue weighted by molar-refractivity contribution is 6.35. The van der Waals surface area contributed by atoms with Gasteiger partial charge in [-0.1, -0.05) is 64.7 Å². The molecule has 0 aliphatic carbocycles. The van der Waals surface area contributed by atoms with Gasteiger partial charge in [0.25, 0.3) is 5.91 Å². The van der Waals surface area contributed by atoms with Crippen LogP contribution in [0.1, 0.15) is 35.6 Å². The first kappa shape index (κ1) is 29.9. The first-order chi connectivity index (χ1) is 19.9. The van der Waals surface area contributed by atoms with E-state index in [9.17, 15) is 4.79 Å². The van der Waals surface area contributed by atoms with Crippen LogP contribution < -0.4 is 15.6 Å². The van der Waals surface area contributed by atoms with E-state index in [-0.39, 0.29) is 25.5 Å². The van der Waals surface area contributed by atoms with Gasteiger partial charge in [0.15, 0.2) is 11.6 Å². The van der Waals surface area contributed by atoms with E-state index in [1.54, 1.807) is 72.8 Å². The summed E-state index contributed by atoms with van der Waals surface area (Å²) in [7, 11) is 0. The molecule has 212 valence electrons. The molecular weight excluding hydrogens is 567 g/mol. The Labute approximate surface area is 247 Å². The maximum Gasteiger partial charge on any atom is 0.266 e. The molecule has 1 amide bonds. The van der Waals surface area contributed by atoms with Crippen molar-refractivity contribution in [1.29, 1.82) is 0 Å². The van der Waals surface area contributed by atoms with Gasteiger partial charge in [0.05, 0.1) is 6.61 Å². The molecular formula is C29H28Cl2N6O4. The number of aliphatic imine (C=N–C) groups is 1. The Bertz CT molecular complexity index is 1480. The molecule has 1 aliphatic heterocycles. The number of hydrogen-bond donors (Lipinski definition) is 3. The van der Waals surface area contributed by atoms with E-state index < -0.39 is 17.6 Å². The lowest BCUT2D eigenvalue weighted by atomic mass is 9.84. The maximum absolute atomic E-state index is 13.9. The van der Waals surface area contributed by atoms with E-state index in [0.29, 0.717) is 45.6 Å². The van der Waals surface area contributed by atoms with Gasteiger partial charge in [-0.15, -0.1) is 6.58 Å². The van der Waals surface area contributed by atoms with Crippen molar-refractivity contribution in [3.63, 3.8) is 0 Å². The molecule has 1 heterocycles. The number of aliphatic hydroxyl groups is 1. The van der Waals surface area contributed by atoms with Gasteiger partial charge < -0.3 is 14.6 Å². The molecule has 0 bridgehead atoms. The molecule has 0 saturated heterocycles. The van der Waals surface area contributed by atoms with Crippen LogP contribution in [0.4, 0.5) is 5.69 Å². The summed E-state index contributed by atoms with van der Waals surface area (Å²) in [6.07, 6.45) is 1.27. The van der Waals surface area contributed by atoms with Gasteiger partial charge >= 0.3 is 0 Å². The van der Waals surface area contributed by atoms with Crippen LogP contribution in [-0.4, -0.2) is 35.7 Å². The highest BCUT2D eigenvalue weighted by atomic mass is 35.5. The Hall–Kier alpha value is -4.05. The monoisotopic (exact) mass is 594 g/mol.